The largest absolute Gasteiger partial charge is 0.445 e. The lowest BCUT2D eigenvalue weighted by Crippen LogP contribution is -2.50. The van der Waals surface area contributed by atoms with Crippen molar-refractivity contribution in [2.75, 3.05) is 6.61 Å². The summed E-state index contributed by atoms with van der Waals surface area (Å²) in [6.45, 7) is 3.94. The number of alkyl carbamates (subject to hydrolysis) is 1. The number of rotatable bonds is 9. The third-order valence-corrected chi connectivity index (χ3v) is 7.15. The first-order chi connectivity index (χ1) is 17.9. The molecule has 37 heavy (non-hydrogen) atoms. The molecule has 2 heterocycles. The van der Waals surface area contributed by atoms with Gasteiger partial charge >= 0.3 is 6.09 Å². The second kappa shape index (κ2) is 13.1. The Labute approximate surface area is 218 Å². The molecule has 5 N–H and O–H groups in total. The summed E-state index contributed by atoms with van der Waals surface area (Å²) in [5, 5.41) is 23.2. The van der Waals surface area contributed by atoms with Crippen molar-refractivity contribution in [3.8, 4) is 0 Å². The molecule has 0 radical (unpaired) electrons. The third kappa shape index (κ3) is 7.51. The van der Waals surface area contributed by atoms with Crippen molar-refractivity contribution in [2.45, 2.75) is 101 Å². The molecule has 1 saturated heterocycles. The fourth-order valence-corrected chi connectivity index (χ4v) is 5.09. The average Bonchev–Trinajstić information content (AvgIpc) is 3.28. The van der Waals surface area contributed by atoms with Gasteiger partial charge in [0.2, 0.25) is 0 Å². The topological polar surface area (TPSA) is 142 Å². The van der Waals surface area contributed by atoms with Gasteiger partial charge in [-0.15, -0.1) is 0 Å². The Morgan fingerprint density at radius 3 is 2.62 bits per heavy atom. The average molecular weight is 521 g/mol. The highest BCUT2D eigenvalue weighted by Crippen LogP contribution is 2.32. The smallest absolute Gasteiger partial charge is 0.408 e. The van der Waals surface area contributed by atoms with Crippen LogP contribution >= 0.6 is 0 Å². The minimum absolute atomic E-state index is 0.143. The third-order valence-electron chi connectivity index (χ3n) is 7.15. The van der Waals surface area contributed by atoms with Crippen molar-refractivity contribution >= 4 is 6.09 Å². The van der Waals surface area contributed by atoms with E-state index in [2.05, 4.69) is 12.2 Å². The lowest BCUT2D eigenvalue weighted by Gasteiger charge is -2.37. The number of carbonyl (C=O) groups is 1. The molecule has 10 unspecified atom stereocenters. The van der Waals surface area contributed by atoms with Crippen LogP contribution in [0.3, 0.4) is 0 Å². The highest BCUT2D eigenvalue weighted by atomic mass is 16.7. The zero-order valence-electron chi connectivity index (χ0n) is 21.5. The van der Waals surface area contributed by atoms with Crippen molar-refractivity contribution in [3.05, 3.63) is 48.0 Å². The van der Waals surface area contributed by atoms with Crippen molar-refractivity contribution in [1.82, 2.24) is 5.32 Å². The van der Waals surface area contributed by atoms with Gasteiger partial charge in [-0.3, -0.25) is 0 Å². The van der Waals surface area contributed by atoms with Crippen LogP contribution < -0.4 is 11.1 Å². The van der Waals surface area contributed by atoms with E-state index in [0.29, 0.717) is 18.8 Å². The summed E-state index contributed by atoms with van der Waals surface area (Å²) < 4.78 is 29.7. The van der Waals surface area contributed by atoms with E-state index >= 15 is 0 Å². The van der Waals surface area contributed by atoms with Crippen LogP contribution in [0.5, 0.6) is 0 Å². The predicted molar refractivity (Wildman–Crippen MR) is 134 cm³/mol. The first kappa shape index (κ1) is 28.0. The molecular formula is C27H40N2O8. The van der Waals surface area contributed by atoms with E-state index in [1.165, 1.54) is 0 Å². The molecule has 1 amide bonds. The maximum atomic E-state index is 12.5. The number of aliphatic hydroxyl groups excluding tert-OH is 2. The number of ether oxygens (including phenoxy) is 5. The Morgan fingerprint density at radius 2 is 1.89 bits per heavy atom. The summed E-state index contributed by atoms with van der Waals surface area (Å²) in [7, 11) is 0. The van der Waals surface area contributed by atoms with Crippen molar-refractivity contribution in [1.29, 1.82) is 0 Å². The van der Waals surface area contributed by atoms with Gasteiger partial charge in [0.05, 0.1) is 31.0 Å². The van der Waals surface area contributed by atoms with E-state index in [-0.39, 0.29) is 25.4 Å². The summed E-state index contributed by atoms with van der Waals surface area (Å²) in [5.74, 6) is 0.326. The molecule has 0 spiro atoms. The summed E-state index contributed by atoms with van der Waals surface area (Å²) >= 11 is 0. The minimum Gasteiger partial charge on any atom is -0.445 e. The molecule has 10 heteroatoms. The van der Waals surface area contributed by atoms with Crippen LogP contribution in [0.2, 0.25) is 0 Å². The van der Waals surface area contributed by atoms with E-state index < -0.39 is 49.1 Å². The number of aliphatic hydroxyl groups is 2. The SMILES string of the molecule is CCC1C=CC(NC(=O)OCc2ccccc2)C(OC2CC(OC3CC(C)CC(N)C3O)OC2CO)O1. The second-order valence-electron chi connectivity index (χ2n) is 10.2. The number of hydrogen-bond donors (Lipinski definition) is 4. The van der Waals surface area contributed by atoms with E-state index in [4.69, 9.17) is 29.4 Å². The van der Waals surface area contributed by atoms with Crippen molar-refractivity contribution in [2.24, 2.45) is 11.7 Å². The Balaban J connectivity index is 1.35. The van der Waals surface area contributed by atoms with Crippen LogP contribution in [0.1, 0.15) is 45.1 Å². The number of amides is 1. The van der Waals surface area contributed by atoms with Gasteiger partial charge in [-0.1, -0.05) is 56.3 Å². The summed E-state index contributed by atoms with van der Waals surface area (Å²) in [4.78, 5) is 12.5. The van der Waals surface area contributed by atoms with Gasteiger partial charge in [0.25, 0.3) is 0 Å². The monoisotopic (exact) mass is 520 g/mol. The Hall–Kier alpha value is -2.05. The van der Waals surface area contributed by atoms with E-state index in [0.717, 1.165) is 18.4 Å². The molecule has 2 fully saturated rings. The molecule has 1 aromatic rings. The zero-order valence-corrected chi connectivity index (χ0v) is 21.5. The van der Waals surface area contributed by atoms with Gasteiger partial charge in [0, 0.05) is 12.5 Å². The Bertz CT molecular complexity index is 886. The van der Waals surface area contributed by atoms with Crippen LogP contribution in [-0.2, 0) is 30.3 Å². The number of nitrogens with two attached hydrogens (primary N) is 1. The molecule has 1 aliphatic carbocycles. The second-order valence-corrected chi connectivity index (χ2v) is 10.2. The Morgan fingerprint density at radius 1 is 1.11 bits per heavy atom. The van der Waals surface area contributed by atoms with Gasteiger partial charge < -0.3 is 44.9 Å². The lowest BCUT2D eigenvalue weighted by molar-refractivity contribution is -0.214. The molecule has 4 rings (SSSR count). The fourth-order valence-electron chi connectivity index (χ4n) is 5.09. The standard InChI is InChI=1S/C27H40N2O8/c1-3-18-9-10-20(29-27(32)33-15-17-7-5-4-6-8-17)26(34-18)37-21-13-24(36-23(21)14-30)35-22-12-16(2)11-19(28)25(22)31/h4-10,16,18-26,30-31H,3,11-15,28H2,1-2H3,(H,29,32). The number of hydrogen-bond acceptors (Lipinski definition) is 9. The molecular weight excluding hydrogens is 480 g/mol. The fraction of sp³-hybridized carbons (Fsp3) is 0.667. The van der Waals surface area contributed by atoms with Gasteiger partial charge in [-0.2, -0.15) is 0 Å². The number of carbonyl (C=O) groups excluding carboxylic acids is 1. The maximum absolute atomic E-state index is 12.5. The molecule has 0 aromatic heterocycles. The quantitative estimate of drug-likeness (QED) is 0.360. The Kier molecular flexibility index (Phi) is 9.94. The molecule has 10 nitrogen and oxygen atoms in total. The van der Waals surface area contributed by atoms with Gasteiger partial charge in [0.15, 0.2) is 12.6 Å². The van der Waals surface area contributed by atoms with Crippen LogP contribution in [0.25, 0.3) is 0 Å². The number of benzene rings is 1. The summed E-state index contributed by atoms with van der Waals surface area (Å²) in [6, 6.07) is 8.47. The highest BCUT2D eigenvalue weighted by Gasteiger charge is 2.43. The van der Waals surface area contributed by atoms with E-state index in [1.807, 2.05) is 49.4 Å². The molecule has 1 saturated carbocycles. The van der Waals surface area contributed by atoms with E-state index in [1.54, 1.807) is 0 Å². The normalized spacial score (nSPS) is 37.9. The molecule has 206 valence electrons. The van der Waals surface area contributed by atoms with Crippen molar-refractivity contribution < 1.29 is 38.7 Å². The molecule has 3 aliphatic rings. The highest BCUT2D eigenvalue weighted by molar-refractivity contribution is 5.68. The minimum atomic E-state index is -0.811. The zero-order chi connectivity index (χ0) is 26.4. The summed E-state index contributed by atoms with van der Waals surface area (Å²) in [5.41, 5.74) is 6.95. The van der Waals surface area contributed by atoms with Gasteiger partial charge in [0.1, 0.15) is 18.8 Å². The maximum Gasteiger partial charge on any atom is 0.408 e. The van der Waals surface area contributed by atoms with Crippen LogP contribution in [0, 0.1) is 5.92 Å². The predicted octanol–water partition coefficient (Wildman–Crippen LogP) is 1.97. The van der Waals surface area contributed by atoms with Crippen LogP contribution in [-0.4, -0.2) is 78.1 Å². The van der Waals surface area contributed by atoms with Gasteiger partial charge in [-0.05, 0) is 30.7 Å². The number of nitrogens with one attached hydrogen (secondary N) is 1. The van der Waals surface area contributed by atoms with Crippen molar-refractivity contribution in [3.63, 3.8) is 0 Å². The first-order valence-electron chi connectivity index (χ1n) is 13.2. The van der Waals surface area contributed by atoms with E-state index in [9.17, 15) is 15.0 Å². The molecule has 1 aromatic carbocycles. The van der Waals surface area contributed by atoms with Crippen LogP contribution in [0.4, 0.5) is 4.79 Å². The molecule has 0 bridgehead atoms. The van der Waals surface area contributed by atoms with Gasteiger partial charge in [-0.25, -0.2) is 4.79 Å². The molecule has 2 aliphatic heterocycles. The first-order valence-corrected chi connectivity index (χ1v) is 13.2. The lowest BCUT2D eigenvalue weighted by atomic mass is 9.83. The summed E-state index contributed by atoms with van der Waals surface area (Å²) in [6.07, 6.45) is 1.56. The van der Waals surface area contributed by atoms with Crippen LogP contribution in [0.15, 0.2) is 42.5 Å². The molecule has 10 atom stereocenters.